The Morgan fingerprint density at radius 3 is 2.77 bits per heavy atom. The number of carbonyl (C=O) groups is 1. The van der Waals surface area contributed by atoms with Crippen molar-refractivity contribution in [2.24, 2.45) is 0 Å². The molecular formula is C26H23FN2O6. The van der Waals surface area contributed by atoms with E-state index in [0.29, 0.717) is 42.0 Å². The molecule has 0 unspecified atom stereocenters. The summed E-state index contributed by atoms with van der Waals surface area (Å²) in [6.45, 7) is 0.00354. The molecule has 0 saturated heterocycles. The number of hydrogen-bond donors (Lipinski definition) is 1. The zero-order chi connectivity index (χ0) is 24.9. The Kier molecular flexibility index (Phi) is 6.96. The standard InChI is InChI=1S/C26H23FN2O6/c1-28(26(31)34-22-6-2-4-17(12-22)16-29(32)33)11-3-5-18-13-19-7-9-21(30)15-25(19)35-24-10-8-20(27)14-23(18)24/h2,4,6-10,12-15,30H,3,5,11,16H2,1H3. The van der Waals surface area contributed by atoms with Crippen LogP contribution in [0.5, 0.6) is 23.0 Å². The first-order valence-corrected chi connectivity index (χ1v) is 10.9. The van der Waals surface area contributed by atoms with Gasteiger partial charge in [-0.15, -0.1) is 0 Å². The van der Waals surface area contributed by atoms with Crippen molar-refractivity contribution < 1.29 is 28.7 Å². The predicted molar refractivity (Wildman–Crippen MR) is 127 cm³/mol. The molecular weight excluding hydrogens is 455 g/mol. The maximum absolute atomic E-state index is 14.0. The molecule has 0 saturated carbocycles. The van der Waals surface area contributed by atoms with Crippen LogP contribution in [-0.4, -0.2) is 34.6 Å². The number of aromatic hydroxyl groups is 1. The molecule has 0 fully saturated rings. The molecule has 1 aliphatic rings. The van der Waals surface area contributed by atoms with Gasteiger partial charge in [0.25, 0.3) is 0 Å². The lowest BCUT2D eigenvalue weighted by Crippen LogP contribution is -2.30. The smallest absolute Gasteiger partial charge is 0.414 e. The van der Waals surface area contributed by atoms with Crippen LogP contribution in [-0.2, 0) is 6.54 Å². The fourth-order valence-electron chi connectivity index (χ4n) is 3.80. The van der Waals surface area contributed by atoms with Crippen LogP contribution in [0, 0.1) is 15.9 Å². The number of phenols is 1. The van der Waals surface area contributed by atoms with Crippen LogP contribution in [0.15, 0.2) is 60.7 Å². The highest BCUT2D eigenvalue weighted by atomic mass is 19.1. The Morgan fingerprint density at radius 1 is 1.14 bits per heavy atom. The third-order valence-corrected chi connectivity index (χ3v) is 5.50. The van der Waals surface area contributed by atoms with E-state index >= 15 is 0 Å². The number of benzene rings is 3. The number of hydrogen-bond acceptors (Lipinski definition) is 6. The topological polar surface area (TPSA) is 102 Å². The second kappa shape index (κ2) is 10.3. The molecule has 0 bridgehead atoms. The van der Waals surface area contributed by atoms with Crippen LogP contribution >= 0.6 is 0 Å². The summed E-state index contributed by atoms with van der Waals surface area (Å²) in [4.78, 5) is 24.1. The van der Waals surface area contributed by atoms with Gasteiger partial charge in [0.2, 0.25) is 6.54 Å². The van der Waals surface area contributed by atoms with Gasteiger partial charge in [-0.3, -0.25) is 10.1 Å². The van der Waals surface area contributed by atoms with Crippen LogP contribution in [0.1, 0.15) is 29.5 Å². The third-order valence-electron chi connectivity index (χ3n) is 5.50. The first kappa shape index (κ1) is 23.7. The molecule has 35 heavy (non-hydrogen) atoms. The van der Waals surface area contributed by atoms with Crippen LogP contribution < -0.4 is 9.47 Å². The lowest BCUT2D eigenvalue weighted by molar-refractivity contribution is -0.496. The maximum atomic E-state index is 14.0. The highest BCUT2D eigenvalue weighted by molar-refractivity contribution is 5.87. The van der Waals surface area contributed by atoms with Crippen molar-refractivity contribution in [3.05, 3.63) is 93.3 Å². The summed E-state index contributed by atoms with van der Waals surface area (Å²) in [5.41, 5.74) is 2.62. The lowest BCUT2D eigenvalue weighted by Gasteiger charge is -2.17. The molecule has 1 heterocycles. The van der Waals surface area contributed by atoms with Crippen LogP contribution in [0.4, 0.5) is 9.18 Å². The Balaban J connectivity index is 1.43. The molecule has 3 aromatic carbocycles. The summed E-state index contributed by atoms with van der Waals surface area (Å²) in [7, 11) is 1.60. The number of nitrogens with zero attached hydrogens (tertiary/aromatic N) is 2. The summed E-state index contributed by atoms with van der Waals surface area (Å²) in [5, 5.41) is 20.5. The number of nitro groups is 1. The Morgan fingerprint density at radius 2 is 1.97 bits per heavy atom. The fourth-order valence-corrected chi connectivity index (χ4v) is 3.80. The summed E-state index contributed by atoms with van der Waals surface area (Å²) >= 11 is 0. The van der Waals surface area contributed by atoms with Gasteiger partial charge in [-0.25, -0.2) is 9.18 Å². The molecule has 8 nitrogen and oxygen atoms in total. The van der Waals surface area contributed by atoms with Gasteiger partial charge in [-0.05, 0) is 67.0 Å². The summed E-state index contributed by atoms with van der Waals surface area (Å²) in [6.07, 6.45) is 2.38. The van der Waals surface area contributed by atoms with E-state index in [-0.39, 0.29) is 18.0 Å². The predicted octanol–water partition coefficient (Wildman–Crippen LogP) is 5.87. The average molecular weight is 478 g/mol. The molecule has 3 aromatic rings. The van der Waals surface area contributed by atoms with Gasteiger partial charge in [0.15, 0.2) is 0 Å². The average Bonchev–Trinajstić information content (AvgIpc) is 2.95. The molecule has 4 rings (SSSR count). The molecule has 0 atom stereocenters. The minimum Gasteiger partial charge on any atom is -0.508 e. The zero-order valence-electron chi connectivity index (χ0n) is 18.9. The van der Waals surface area contributed by atoms with Crippen molar-refractivity contribution >= 4 is 17.7 Å². The van der Waals surface area contributed by atoms with E-state index in [1.165, 1.54) is 29.2 Å². The largest absolute Gasteiger partial charge is 0.508 e. The zero-order valence-corrected chi connectivity index (χ0v) is 18.9. The number of halogens is 1. The molecule has 180 valence electrons. The number of allylic oxidation sites excluding steroid dienone is 1. The second-order valence-corrected chi connectivity index (χ2v) is 8.17. The number of phenolic OH excluding ortho intramolecular Hbond substituents is 1. The number of rotatable bonds is 7. The van der Waals surface area contributed by atoms with Crippen molar-refractivity contribution in [3.63, 3.8) is 0 Å². The highest BCUT2D eigenvalue weighted by Crippen LogP contribution is 2.41. The third kappa shape index (κ3) is 5.94. The van der Waals surface area contributed by atoms with Gasteiger partial charge in [0, 0.05) is 41.3 Å². The minimum absolute atomic E-state index is 0.0633. The molecule has 0 aliphatic carbocycles. The number of amides is 1. The molecule has 9 heteroatoms. The second-order valence-electron chi connectivity index (χ2n) is 8.17. The fraction of sp³-hybridized carbons (Fsp3) is 0.192. The molecule has 1 amide bonds. The normalized spacial score (nSPS) is 11.9. The van der Waals surface area contributed by atoms with Crippen molar-refractivity contribution in [2.75, 3.05) is 13.6 Å². The van der Waals surface area contributed by atoms with Gasteiger partial charge in [0.05, 0.1) is 0 Å². The minimum atomic E-state index is -0.589. The molecule has 0 radical (unpaired) electrons. The van der Waals surface area contributed by atoms with Gasteiger partial charge >= 0.3 is 6.09 Å². The summed E-state index contributed by atoms with van der Waals surface area (Å²) in [5.74, 6) is 0.840. The quantitative estimate of drug-likeness (QED) is 0.337. The Bertz CT molecular complexity index is 1310. The van der Waals surface area contributed by atoms with Crippen molar-refractivity contribution in [2.45, 2.75) is 19.4 Å². The SMILES string of the molecule is CN(CCCC1=Cc2ccc(O)cc2Oc2ccc(F)cc21)C(=O)Oc1cccc(C[N+](=O)[O-])c1. The highest BCUT2D eigenvalue weighted by Gasteiger charge is 2.19. The van der Waals surface area contributed by atoms with Crippen LogP contribution in [0.3, 0.4) is 0 Å². The van der Waals surface area contributed by atoms with E-state index in [9.17, 15) is 24.4 Å². The first-order chi connectivity index (χ1) is 16.8. The molecule has 0 spiro atoms. The Hall–Kier alpha value is -4.40. The molecule has 0 aromatic heterocycles. The van der Waals surface area contributed by atoms with E-state index in [1.54, 1.807) is 43.4 Å². The van der Waals surface area contributed by atoms with E-state index in [0.717, 1.165) is 11.1 Å². The van der Waals surface area contributed by atoms with E-state index in [4.69, 9.17) is 9.47 Å². The monoisotopic (exact) mass is 478 g/mol. The first-order valence-electron chi connectivity index (χ1n) is 10.9. The van der Waals surface area contributed by atoms with Crippen LogP contribution in [0.25, 0.3) is 11.6 Å². The van der Waals surface area contributed by atoms with Crippen molar-refractivity contribution in [1.29, 1.82) is 0 Å². The van der Waals surface area contributed by atoms with E-state index in [2.05, 4.69) is 0 Å². The van der Waals surface area contributed by atoms with Gasteiger partial charge in [0.1, 0.15) is 28.8 Å². The van der Waals surface area contributed by atoms with E-state index < -0.39 is 16.8 Å². The summed E-state index contributed by atoms with van der Waals surface area (Å²) < 4.78 is 25.3. The molecule has 1 aliphatic heterocycles. The number of fused-ring (bicyclic) bond motifs is 2. The van der Waals surface area contributed by atoms with Gasteiger partial charge in [-0.1, -0.05) is 12.1 Å². The van der Waals surface area contributed by atoms with Crippen molar-refractivity contribution in [3.8, 4) is 23.0 Å². The Labute approximate surface area is 201 Å². The van der Waals surface area contributed by atoms with E-state index in [1.807, 2.05) is 6.08 Å². The van der Waals surface area contributed by atoms with Crippen LogP contribution in [0.2, 0.25) is 0 Å². The van der Waals surface area contributed by atoms with Gasteiger partial charge in [-0.2, -0.15) is 0 Å². The number of carbonyl (C=O) groups excluding carboxylic acids is 1. The van der Waals surface area contributed by atoms with Crippen molar-refractivity contribution in [1.82, 2.24) is 4.90 Å². The summed E-state index contributed by atoms with van der Waals surface area (Å²) in [6, 6.07) is 15.3. The lowest BCUT2D eigenvalue weighted by atomic mass is 9.98. The molecule has 1 N–H and O–H groups in total. The number of ether oxygens (including phenoxy) is 2. The van der Waals surface area contributed by atoms with Gasteiger partial charge < -0.3 is 19.5 Å². The maximum Gasteiger partial charge on any atom is 0.414 e.